The largest absolute Gasteiger partial charge is 0.390 e. The lowest BCUT2D eigenvalue weighted by atomic mass is 10.0. The summed E-state index contributed by atoms with van der Waals surface area (Å²) in [6.07, 6.45) is -0.428. The average Bonchev–Trinajstić information content (AvgIpc) is 2.58. The number of aliphatic hydroxyl groups excluding tert-OH is 2. The van der Waals surface area contributed by atoms with Crippen molar-refractivity contribution in [3.63, 3.8) is 0 Å². The summed E-state index contributed by atoms with van der Waals surface area (Å²) in [6, 6.07) is 0. The summed E-state index contributed by atoms with van der Waals surface area (Å²) in [5.41, 5.74) is 6.07. The molecule has 0 aliphatic heterocycles. The fourth-order valence-electron chi connectivity index (χ4n) is 1.45. The van der Waals surface area contributed by atoms with Crippen LogP contribution in [-0.4, -0.2) is 38.5 Å². The van der Waals surface area contributed by atoms with E-state index in [1.54, 1.807) is 7.05 Å². The van der Waals surface area contributed by atoms with Gasteiger partial charge in [0.2, 0.25) is 5.91 Å². The Bertz CT molecular complexity index is 391. The van der Waals surface area contributed by atoms with E-state index in [0.717, 1.165) is 0 Å². The lowest BCUT2D eigenvalue weighted by molar-refractivity contribution is -0.119. The van der Waals surface area contributed by atoms with Crippen LogP contribution < -0.4 is 11.1 Å². The van der Waals surface area contributed by atoms with E-state index < -0.39 is 12.2 Å². The van der Waals surface area contributed by atoms with E-state index in [0.29, 0.717) is 17.9 Å². The first-order chi connectivity index (χ1) is 7.93. The molecule has 96 valence electrons. The number of amides is 1. The molecule has 1 heterocycles. The van der Waals surface area contributed by atoms with Crippen molar-refractivity contribution in [3.05, 3.63) is 11.8 Å². The number of hydrogen-bond donors (Lipinski definition) is 4. The van der Waals surface area contributed by atoms with Gasteiger partial charge in [0.25, 0.3) is 0 Å². The molecule has 7 nitrogen and oxygen atoms in total. The number of aliphatic hydroxyl groups is 2. The van der Waals surface area contributed by atoms with Gasteiger partial charge in [0, 0.05) is 26.1 Å². The monoisotopic (exact) mass is 242 g/mol. The van der Waals surface area contributed by atoms with Gasteiger partial charge in [0.05, 0.1) is 12.3 Å². The molecule has 17 heavy (non-hydrogen) atoms. The molecule has 7 heteroatoms. The number of nitrogen functional groups attached to an aromatic ring is 1. The third-order valence-corrected chi connectivity index (χ3v) is 2.51. The molecule has 1 aromatic rings. The quantitative estimate of drug-likeness (QED) is 0.524. The number of carbonyl (C=O) groups excluding carboxylic acids is 1. The molecule has 0 radical (unpaired) electrons. The molecule has 0 aromatic carbocycles. The van der Waals surface area contributed by atoms with Crippen molar-refractivity contribution in [2.75, 3.05) is 12.3 Å². The van der Waals surface area contributed by atoms with Crippen LogP contribution >= 0.6 is 0 Å². The van der Waals surface area contributed by atoms with Crippen LogP contribution in [-0.2, 0) is 11.8 Å². The summed E-state index contributed by atoms with van der Waals surface area (Å²) >= 11 is 0. The first kappa shape index (κ1) is 13.5. The first-order valence-electron chi connectivity index (χ1n) is 5.31. The second-order valence-corrected chi connectivity index (χ2v) is 3.89. The van der Waals surface area contributed by atoms with Crippen LogP contribution in [0.1, 0.15) is 25.0 Å². The van der Waals surface area contributed by atoms with E-state index >= 15 is 0 Å². The molecular formula is C10H18N4O3. The van der Waals surface area contributed by atoms with Crippen molar-refractivity contribution in [1.82, 2.24) is 15.1 Å². The van der Waals surface area contributed by atoms with Crippen LogP contribution in [0.4, 0.5) is 5.82 Å². The Labute approximate surface area is 99.2 Å². The van der Waals surface area contributed by atoms with Gasteiger partial charge in [-0.2, -0.15) is 5.10 Å². The number of rotatable bonds is 5. The maximum atomic E-state index is 10.6. The molecule has 1 amide bonds. The molecule has 0 fully saturated rings. The molecule has 5 N–H and O–H groups in total. The SMILES string of the molecule is CC(=O)NCCC(O)C(O)c1cnn(C)c1N. The van der Waals surface area contributed by atoms with Crippen molar-refractivity contribution >= 4 is 11.7 Å². The minimum absolute atomic E-state index is 0.174. The summed E-state index contributed by atoms with van der Waals surface area (Å²) in [4.78, 5) is 10.6. The molecule has 0 saturated carbocycles. The summed E-state index contributed by atoms with van der Waals surface area (Å²) in [6.45, 7) is 1.69. The van der Waals surface area contributed by atoms with Gasteiger partial charge in [-0.05, 0) is 6.42 Å². The van der Waals surface area contributed by atoms with Gasteiger partial charge in [-0.25, -0.2) is 0 Å². The smallest absolute Gasteiger partial charge is 0.216 e. The van der Waals surface area contributed by atoms with E-state index in [2.05, 4.69) is 10.4 Å². The summed E-state index contributed by atoms with van der Waals surface area (Å²) in [7, 11) is 1.65. The van der Waals surface area contributed by atoms with Crippen molar-refractivity contribution in [3.8, 4) is 0 Å². The van der Waals surface area contributed by atoms with Crippen LogP contribution in [0.5, 0.6) is 0 Å². The Morgan fingerprint density at radius 2 is 2.29 bits per heavy atom. The number of anilines is 1. The molecule has 0 bridgehead atoms. The Hall–Kier alpha value is -1.60. The zero-order valence-electron chi connectivity index (χ0n) is 9.92. The number of nitrogens with two attached hydrogens (primary N) is 1. The van der Waals surface area contributed by atoms with Crippen LogP contribution in [0, 0.1) is 0 Å². The molecular weight excluding hydrogens is 224 g/mol. The van der Waals surface area contributed by atoms with Crippen molar-refractivity contribution < 1.29 is 15.0 Å². The van der Waals surface area contributed by atoms with E-state index in [1.165, 1.54) is 17.8 Å². The maximum Gasteiger partial charge on any atom is 0.216 e. The van der Waals surface area contributed by atoms with Gasteiger partial charge >= 0.3 is 0 Å². The minimum Gasteiger partial charge on any atom is -0.390 e. The second-order valence-electron chi connectivity index (χ2n) is 3.89. The predicted octanol–water partition coefficient (Wildman–Crippen LogP) is -1.08. The molecule has 1 rings (SSSR count). The third kappa shape index (κ3) is 3.43. The zero-order valence-corrected chi connectivity index (χ0v) is 9.92. The molecule has 0 aliphatic carbocycles. The van der Waals surface area contributed by atoms with Gasteiger partial charge in [0.15, 0.2) is 0 Å². The fourth-order valence-corrected chi connectivity index (χ4v) is 1.45. The maximum absolute atomic E-state index is 10.6. The molecule has 2 unspecified atom stereocenters. The molecule has 0 spiro atoms. The molecule has 0 saturated heterocycles. The Morgan fingerprint density at radius 1 is 1.65 bits per heavy atom. The van der Waals surface area contributed by atoms with Gasteiger partial charge in [-0.3, -0.25) is 9.48 Å². The van der Waals surface area contributed by atoms with E-state index in [-0.39, 0.29) is 12.3 Å². The second kappa shape index (κ2) is 5.65. The highest BCUT2D eigenvalue weighted by molar-refractivity contribution is 5.72. The topological polar surface area (TPSA) is 113 Å². The predicted molar refractivity (Wildman–Crippen MR) is 61.9 cm³/mol. The summed E-state index contributed by atoms with van der Waals surface area (Å²) in [5.74, 6) is 0.142. The first-order valence-corrected chi connectivity index (χ1v) is 5.31. The average molecular weight is 242 g/mol. The molecule has 2 atom stereocenters. The van der Waals surface area contributed by atoms with Gasteiger partial charge in [-0.1, -0.05) is 0 Å². The molecule has 0 aliphatic rings. The van der Waals surface area contributed by atoms with Crippen molar-refractivity contribution in [2.45, 2.75) is 25.6 Å². The number of carbonyl (C=O) groups is 1. The fraction of sp³-hybridized carbons (Fsp3) is 0.600. The number of aryl methyl sites for hydroxylation is 1. The van der Waals surface area contributed by atoms with Crippen LogP contribution in [0.2, 0.25) is 0 Å². The van der Waals surface area contributed by atoms with Crippen LogP contribution in [0.25, 0.3) is 0 Å². The van der Waals surface area contributed by atoms with E-state index in [9.17, 15) is 15.0 Å². The minimum atomic E-state index is -1.10. The lowest BCUT2D eigenvalue weighted by Gasteiger charge is -2.17. The number of nitrogens with zero attached hydrogens (tertiary/aromatic N) is 2. The van der Waals surface area contributed by atoms with Crippen LogP contribution in [0.3, 0.4) is 0 Å². The Kier molecular flexibility index (Phi) is 4.47. The number of hydrogen-bond acceptors (Lipinski definition) is 5. The lowest BCUT2D eigenvalue weighted by Crippen LogP contribution is -2.27. The highest BCUT2D eigenvalue weighted by Crippen LogP contribution is 2.23. The standard InChI is InChI=1S/C10H18N4O3/c1-6(15)12-4-3-8(16)9(17)7-5-13-14(2)10(7)11/h5,8-9,16-17H,3-4,11H2,1-2H3,(H,12,15). The van der Waals surface area contributed by atoms with Gasteiger partial charge in [0.1, 0.15) is 11.9 Å². The Balaban J connectivity index is 2.54. The molecule has 1 aromatic heterocycles. The van der Waals surface area contributed by atoms with Gasteiger partial charge in [-0.15, -0.1) is 0 Å². The number of nitrogens with one attached hydrogen (secondary N) is 1. The highest BCUT2D eigenvalue weighted by atomic mass is 16.3. The Morgan fingerprint density at radius 3 is 2.76 bits per heavy atom. The summed E-state index contributed by atoms with van der Waals surface area (Å²) in [5, 5.41) is 26.0. The third-order valence-electron chi connectivity index (χ3n) is 2.51. The van der Waals surface area contributed by atoms with Crippen molar-refractivity contribution in [1.29, 1.82) is 0 Å². The van der Waals surface area contributed by atoms with Crippen LogP contribution in [0.15, 0.2) is 6.20 Å². The van der Waals surface area contributed by atoms with E-state index in [1.807, 2.05) is 0 Å². The zero-order chi connectivity index (χ0) is 13.0. The van der Waals surface area contributed by atoms with Crippen molar-refractivity contribution in [2.24, 2.45) is 7.05 Å². The number of aromatic nitrogens is 2. The van der Waals surface area contributed by atoms with Gasteiger partial charge < -0.3 is 21.3 Å². The summed E-state index contributed by atoms with van der Waals surface area (Å²) < 4.78 is 1.42. The normalized spacial score (nSPS) is 14.4. The van der Waals surface area contributed by atoms with E-state index in [4.69, 9.17) is 5.73 Å². The highest BCUT2D eigenvalue weighted by Gasteiger charge is 2.22.